The van der Waals surface area contributed by atoms with E-state index in [-0.39, 0.29) is 11.7 Å². The molecule has 5 heteroatoms. The van der Waals surface area contributed by atoms with Gasteiger partial charge in [-0.3, -0.25) is 0 Å². The van der Waals surface area contributed by atoms with Gasteiger partial charge in [-0.15, -0.1) is 0 Å². The summed E-state index contributed by atoms with van der Waals surface area (Å²) in [5.74, 6) is 0.296. The second-order valence-electron chi connectivity index (χ2n) is 4.99. The number of nitrogens with zero attached hydrogens (tertiary/aromatic N) is 1. The van der Waals surface area contributed by atoms with Crippen molar-refractivity contribution in [1.29, 1.82) is 0 Å². The maximum atomic E-state index is 11.8. The number of aliphatic hydroxyl groups excluding tert-OH is 1. The Morgan fingerprint density at radius 1 is 1.26 bits per heavy atom. The molecule has 1 N–H and O–H groups in total. The Morgan fingerprint density at radius 2 is 1.84 bits per heavy atom. The van der Waals surface area contributed by atoms with E-state index in [4.69, 9.17) is 0 Å². The molecule has 1 saturated heterocycles. The van der Waals surface area contributed by atoms with E-state index in [0.717, 1.165) is 18.4 Å². The predicted molar refractivity (Wildman–Crippen MR) is 75.2 cm³/mol. The van der Waals surface area contributed by atoms with Gasteiger partial charge in [0.25, 0.3) is 0 Å². The van der Waals surface area contributed by atoms with Gasteiger partial charge in [-0.1, -0.05) is 30.3 Å². The molecular formula is C14H21NO3S. The number of benzene rings is 1. The Kier molecular flexibility index (Phi) is 4.60. The molecule has 0 saturated carbocycles. The van der Waals surface area contributed by atoms with Crippen molar-refractivity contribution in [3.05, 3.63) is 35.9 Å². The molecule has 1 aromatic rings. The average molecular weight is 283 g/mol. The summed E-state index contributed by atoms with van der Waals surface area (Å²) >= 11 is 0. The molecule has 0 spiro atoms. The highest BCUT2D eigenvalue weighted by Crippen LogP contribution is 2.31. The van der Waals surface area contributed by atoms with Crippen molar-refractivity contribution in [2.75, 3.05) is 18.8 Å². The smallest absolute Gasteiger partial charge is 0.213 e. The highest BCUT2D eigenvalue weighted by Gasteiger charge is 2.30. The Morgan fingerprint density at radius 3 is 2.37 bits per heavy atom. The Hall–Kier alpha value is -0.910. The molecule has 1 aliphatic heterocycles. The quantitative estimate of drug-likeness (QED) is 0.916. The van der Waals surface area contributed by atoms with Crippen LogP contribution in [-0.2, 0) is 10.0 Å². The Labute approximate surface area is 115 Å². The van der Waals surface area contributed by atoms with Crippen LogP contribution in [0.4, 0.5) is 0 Å². The Bertz CT molecular complexity index is 493. The summed E-state index contributed by atoms with van der Waals surface area (Å²) < 4.78 is 25.1. The predicted octanol–water partition coefficient (Wildman–Crippen LogP) is 1.78. The zero-order valence-corrected chi connectivity index (χ0v) is 12.0. The van der Waals surface area contributed by atoms with Crippen molar-refractivity contribution in [3.63, 3.8) is 0 Å². The average Bonchev–Trinajstić information content (AvgIpc) is 2.47. The van der Waals surface area contributed by atoms with E-state index in [9.17, 15) is 13.5 Å². The normalized spacial score (nSPS) is 20.3. The van der Waals surface area contributed by atoms with Crippen LogP contribution in [0.2, 0.25) is 0 Å². The lowest BCUT2D eigenvalue weighted by Crippen LogP contribution is -2.40. The summed E-state index contributed by atoms with van der Waals surface area (Å²) in [6.45, 7) is 2.70. The summed E-state index contributed by atoms with van der Waals surface area (Å²) in [6.07, 6.45) is 0.942. The summed E-state index contributed by atoms with van der Waals surface area (Å²) in [6, 6.07) is 9.58. The first-order valence-electron chi connectivity index (χ1n) is 6.75. The fourth-order valence-electron chi connectivity index (χ4n) is 2.57. The highest BCUT2D eigenvalue weighted by atomic mass is 32.2. The van der Waals surface area contributed by atoms with Gasteiger partial charge in [0.05, 0.1) is 11.9 Å². The first kappa shape index (κ1) is 14.5. The van der Waals surface area contributed by atoms with E-state index in [1.165, 1.54) is 0 Å². The molecule has 2 rings (SSSR count). The van der Waals surface area contributed by atoms with Gasteiger partial charge >= 0.3 is 0 Å². The minimum Gasteiger partial charge on any atom is -0.388 e. The third-order valence-corrected chi connectivity index (χ3v) is 5.73. The Balaban J connectivity index is 1.97. The van der Waals surface area contributed by atoms with E-state index in [1.54, 1.807) is 11.2 Å². The summed E-state index contributed by atoms with van der Waals surface area (Å²) in [7, 11) is -3.08. The standard InChI is InChI=1S/C14H21NO3S/c1-2-19(17,18)15-10-8-13(9-11-15)14(16)12-6-4-3-5-7-12/h3-7,13-14,16H,2,8-11H2,1H3. The van der Waals surface area contributed by atoms with Gasteiger partial charge in [0, 0.05) is 13.1 Å². The molecule has 1 unspecified atom stereocenters. The molecule has 0 radical (unpaired) electrons. The molecular weight excluding hydrogens is 262 g/mol. The van der Waals surface area contributed by atoms with Crippen LogP contribution >= 0.6 is 0 Å². The first-order chi connectivity index (χ1) is 9.04. The van der Waals surface area contributed by atoms with Crippen LogP contribution < -0.4 is 0 Å². The molecule has 1 aromatic carbocycles. The molecule has 1 atom stereocenters. The van der Waals surface area contributed by atoms with Crippen LogP contribution in [0.1, 0.15) is 31.4 Å². The van der Waals surface area contributed by atoms with Crippen molar-refractivity contribution in [2.24, 2.45) is 5.92 Å². The maximum Gasteiger partial charge on any atom is 0.213 e. The van der Waals surface area contributed by atoms with Crippen molar-refractivity contribution in [2.45, 2.75) is 25.9 Å². The maximum absolute atomic E-state index is 11.8. The second kappa shape index (κ2) is 6.03. The second-order valence-corrected chi connectivity index (χ2v) is 7.25. The molecule has 0 aromatic heterocycles. The first-order valence-corrected chi connectivity index (χ1v) is 8.36. The monoisotopic (exact) mass is 283 g/mol. The number of rotatable bonds is 4. The van der Waals surface area contributed by atoms with Gasteiger partial charge in [-0.2, -0.15) is 0 Å². The van der Waals surface area contributed by atoms with Gasteiger partial charge in [-0.25, -0.2) is 12.7 Å². The lowest BCUT2D eigenvalue weighted by atomic mass is 9.88. The van der Waals surface area contributed by atoms with Crippen LogP contribution in [0, 0.1) is 5.92 Å². The number of piperidine rings is 1. The van der Waals surface area contributed by atoms with Crippen molar-refractivity contribution in [1.82, 2.24) is 4.31 Å². The summed E-state index contributed by atoms with van der Waals surface area (Å²) in [5, 5.41) is 10.3. The van der Waals surface area contributed by atoms with E-state index in [0.29, 0.717) is 13.1 Å². The molecule has 1 fully saturated rings. The van der Waals surface area contributed by atoms with Crippen molar-refractivity contribution < 1.29 is 13.5 Å². The van der Waals surface area contributed by atoms with Crippen LogP contribution in [0.5, 0.6) is 0 Å². The highest BCUT2D eigenvalue weighted by molar-refractivity contribution is 7.89. The number of sulfonamides is 1. The van der Waals surface area contributed by atoms with Gasteiger partial charge in [0.1, 0.15) is 0 Å². The number of hydrogen-bond acceptors (Lipinski definition) is 3. The van der Waals surface area contributed by atoms with Crippen LogP contribution in [-0.4, -0.2) is 36.7 Å². The van der Waals surface area contributed by atoms with Crippen molar-refractivity contribution >= 4 is 10.0 Å². The number of aliphatic hydroxyl groups is 1. The van der Waals surface area contributed by atoms with Crippen LogP contribution in [0.15, 0.2) is 30.3 Å². The lowest BCUT2D eigenvalue weighted by Gasteiger charge is -2.33. The lowest BCUT2D eigenvalue weighted by molar-refractivity contribution is 0.0761. The zero-order chi connectivity index (χ0) is 13.9. The van der Waals surface area contributed by atoms with E-state index >= 15 is 0 Å². The fraction of sp³-hybridized carbons (Fsp3) is 0.571. The fourth-order valence-corrected chi connectivity index (χ4v) is 3.71. The third kappa shape index (κ3) is 3.35. The van der Waals surface area contributed by atoms with Gasteiger partial charge in [-0.05, 0) is 31.2 Å². The molecule has 1 heterocycles. The molecule has 4 nitrogen and oxygen atoms in total. The molecule has 106 valence electrons. The molecule has 19 heavy (non-hydrogen) atoms. The molecule has 0 amide bonds. The zero-order valence-electron chi connectivity index (χ0n) is 11.2. The summed E-state index contributed by atoms with van der Waals surface area (Å²) in [4.78, 5) is 0. The molecule has 1 aliphatic rings. The third-order valence-electron chi connectivity index (χ3n) is 3.84. The molecule has 0 bridgehead atoms. The van der Waals surface area contributed by atoms with Crippen molar-refractivity contribution in [3.8, 4) is 0 Å². The van der Waals surface area contributed by atoms with E-state index in [2.05, 4.69) is 0 Å². The van der Waals surface area contributed by atoms with E-state index < -0.39 is 16.1 Å². The minimum absolute atomic E-state index is 0.144. The number of hydrogen-bond donors (Lipinski definition) is 1. The largest absolute Gasteiger partial charge is 0.388 e. The summed E-state index contributed by atoms with van der Waals surface area (Å²) in [5.41, 5.74) is 0.916. The van der Waals surface area contributed by atoms with Crippen LogP contribution in [0.3, 0.4) is 0 Å². The van der Waals surface area contributed by atoms with Gasteiger partial charge < -0.3 is 5.11 Å². The van der Waals surface area contributed by atoms with E-state index in [1.807, 2.05) is 30.3 Å². The van der Waals surface area contributed by atoms with Crippen LogP contribution in [0.25, 0.3) is 0 Å². The van der Waals surface area contributed by atoms with Gasteiger partial charge in [0.15, 0.2) is 0 Å². The minimum atomic E-state index is -3.08. The molecule has 0 aliphatic carbocycles. The topological polar surface area (TPSA) is 57.6 Å². The SMILES string of the molecule is CCS(=O)(=O)N1CCC(C(O)c2ccccc2)CC1. The van der Waals surface area contributed by atoms with Gasteiger partial charge in [0.2, 0.25) is 10.0 Å².